The first-order chi connectivity index (χ1) is 8.66. The van der Waals surface area contributed by atoms with Gasteiger partial charge in [-0.25, -0.2) is 13.5 Å². The van der Waals surface area contributed by atoms with Crippen LogP contribution in [0.1, 0.15) is 5.56 Å². The molecule has 0 amide bonds. The molecule has 0 spiro atoms. The lowest BCUT2D eigenvalue weighted by Gasteiger charge is -2.06. The van der Waals surface area contributed by atoms with Crippen LogP contribution < -0.4 is 0 Å². The lowest BCUT2D eigenvalue weighted by Crippen LogP contribution is -2.02. The van der Waals surface area contributed by atoms with Gasteiger partial charge in [-0.05, 0) is 36.8 Å². The minimum absolute atomic E-state index is 0.0706. The molecule has 0 saturated carbocycles. The standard InChI is InChI=1S/C13H9F2N3/c1-8-6-9(14)13(15)12(7-8)18-11-5-3-2-4-10(11)16-17-18/h2-7H,1H3. The van der Waals surface area contributed by atoms with E-state index in [-0.39, 0.29) is 5.69 Å². The summed E-state index contributed by atoms with van der Waals surface area (Å²) in [6.07, 6.45) is 0. The minimum atomic E-state index is -0.920. The molecule has 0 radical (unpaired) electrons. The smallest absolute Gasteiger partial charge is 0.184 e. The first kappa shape index (κ1) is 10.8. The van der Waals surface area contributed by atoms with Crippen molar-refractivity contribution in [2.45, 2.75) is 6.92 Å². The second kappa shape index (κ2) is 3.87. The molecule has 90 valence electrons. The monoisotopic (exact) mass is 245 g/mol. The zero-order chi connectivity index (χ0) is 12.7. The summed E-state index contributed by atoms with van der Waals surface area (Å²) in [7, 11) is 0. The van der Waals surface area contributed by atoms with E-state index in [1.165, 1.54) is 4.68 Å². The Kier molecular flexibility index (Phi) is 2.33. The van der Waals surface area contributed by atoms with Crippen molar-refractivity contribution in [3.05, 3.63) is 53.6 Å². The number of aryl methyl sites for hydroxylation is 1. The number of hydrogen-bond acceptors (Lipinski definition) is 2. The van der Waals surface area contributed by atoms with Gasteiger partial charge < -0.3 is 0 Å². The Morgan fingerprint density at radius 2 is 1.89 bits per heavy atom. The Morgan fingerprint density at radius 1 is 1.11 bits per heavy atom. The van der Waals surface area contributed by atoms with Crippen LogP contribution in [0.4, 0.5) is 8.78 Å². The minimum Gasteiger partial charge on any atom is -0.210 e. The van der Waals surface area contributed by atoms with Gasteiger partial charge in [0, 0.05) is 0 Å². The van der Waals surface area contributed by atoms with Crippen molar-refractivity contribution in [1.29, 1.82) is 0 Å². The van der Waals surface area contributed by atoms with Crippen LogP contribution >= 0.6 is 0 Å². The molecular weight excluding hydrogens is 236 g/mol. The molecule has 0 aliphatic heterocycles. The van der Waals surface area contributed by atoms with E-state index in [0.717, 1.165) is 6.07 Å². The summed E-state index contributed by atoms with van der Waals surface area (Å²) in [4.78, 5) is 0. The van der Waals surface area contributed by atoms with Crippen LogP contribution in [-0.4, -0.2) is 15.0 Å². The molecule has 0 atom stereocenters. The Morgan fingerprint density at radius 3 is 2.72 bits per heavy atom. The van der Waals surface area contributed by atoms with E-state index in [0.29, 0.717) is 16.6 Å². The fourth-order valence-electron chi connectivity index (χ4n) is 1.91. The molecule has 0 aliphatic rings. The summed E-state index contributed by atoms with van der Waals surface area (Å²) in [5, 5.41) is 7.79. The zero-order valence-corrected chi connectivity index (χ0v) is 9.56. The predicted octanol–water partition coefficient (Wildman–Crippen LogP) is 3.01. The van der Waals surface area contributed by atoms with Crippen molar-refractivity contribution in [2.24, 2.45) is 0 Å². The van der Waals surface area contributed by atoms with E-state index in [1.807, 2.05) is 6.07 Å². The molecule has 2 aromatic carbocycles. The lowest BCUT2D eigenvalue weighted by molar-refractivity contribution is 0.500. The van der Waals surface area contributed by atoms with E-state index < -0.39 is 11.6 Å². The summed E-state index contributed by atoms with van der Waals surface area (Å²) >= 11 is 0. The van der Waals surface area contributed by atoms with Crippen LogP contribution in [-0.2, 0) is 0 Å². The normalized spacial score (nSPS) is 11.1. The van der Waals surface area contributed by atoms with Crippen LogP contribution in [0.2, 0.25) is 0 Å². The summed E-state index contributed by atoms with van der Waals surface area (Å²) in [5.74, 6) is -1.80. The van der Waals surface area contributed by atoms with Gasteiger partial charge in [-0.2, -0.15) is 0 Å². The molecule has 0 unspecified atom stereocenters. The first-order valence-electron chi connectivity index (χ1n) is 5.43. The Labute approximate surface area is 102 Å². The number of hydrogen-bond donors (Lipinski definition) is 0. The lowest BCUT2D eigenvalue weighted by atomic mass is 10.2. The third-order valence-electron chi connectivity index (χ3n) is 2.73. The Balaban J connectivity index is 2.33. The van der Waals surface area contributed by atoms with Gasteiger partial charge in [0.1, 0.15) is 11.2 Å². The van der Waals surface area contributed by atoms with Gasteiger partial charge in [0.2, 0.25) is 0 Å². The molecule has 0 fully saturated rings. The van der Waals surface area contributed by atoms with Crippen molar-refractivity contribution < 1.29 is 8.78 Å². The van der Waals surface area contributed by atoms with E-state index in [4.69, 9.17) is 0 Å². The van der Waals surface area contributed by atoms with E-state index in [2.05, 4.69) is 10.3 Å². The molecule has 1 heterocycles. The van der Waals surface area contributed by atoms with E-state index in [1.54, 1.807) is 31.2 Å². The molecule has 3 aromatic rings. The van der Waals surface area contributed by atoms with Crippen LogP contribution in [0.3, 0.4) is 0 Å². The number of aromatic nitrogens is 3. The van der Waals surface area contributed by atoms with Crippen LogP contribution in [0.25, 0.3) is 16.7 Å². The summed E-state index contributed by atoms with van der Waals surface area (Å²) in [6, 6.07) is 9.83. The molecule has 0 bridgehead atoms. The van der Waals surface area contributed by atoms with Gasteiger partial charge in [0.25, 0.3) is 0 Å². The molecule has 3 nitrogen and oxygen atoms in total. The Hall–Kier alpha value is -2.30. The summed E-state index contributed by atoms with van der Waals surface area (Å²) in [6.45, 7) is 1.70. The fourth-order valence-corrected chi connectivity index (χ4v) is 1.91. The quantitative estimate of drug-likeness (QED) is 0.659. The molecule has 0 aliphatic carbocycles. The van der Waals surface area contributed by atoms with Gasteiger partial charge in [-0.15, -0.1) is 5.10 Å². The van der Waals surface area contributed by atoms with Crippen molar-refractivity contribution >= 4 is 11.0 Å². The van der Waals surface area contributed by atoms with Crippen molar-refractivity contribution in [3.63, 3.8) is 0 Å². The maximum absolute atomic E-state index is 13.8. The largest absolute Gasteiger partial charge is 0.210 e. The highest BCUT2D eigenvalue weighted by Crippen LogP contribution is 2.21. The van der Waals surface area contributed by atoms with Gasteiger partial charge in [-0.3, -0.25) is 0 Å². The highest BCUT2D eigenvalue weighted by atomic mass is 19.2. The van der Waals surface area contributed by atoms with Crippen LogP contribution in [0.5, 0.6) is 0 Å². The summed E-state index contributed by atoms with van der Waals surface area (Å²) < 4.78 is 28.5. The van der Waals surface area contributed by atoms with Crippen molar-refractivity contribution in [3.8, 4) is 5.69 Å². The zero-order valence-electron chi connectivity index (χ0n) is 9.56. The van der Waals surface area contributed by atoms with Gasteiger partial charge in [0.15, 0.2) is 11.6 Å². The van der Waals surface area contributed by atoms with Gasteiger partial charge >= 0.3 is 0 Å². The number of rotatable bonds is 1. The third-order valence-corrected chi connectivity index (χ3v) is 2.73. The second-order valence-corrected chi connectivity index (χ2v) is 4.07. The number of benzene rings is 2. The predicted molar refractivity (Wildman–Crippen MR) is 63.5 cm³/mol. The van der Waals surface area contributed by atoms with Crippen LogP contribution in [0, 0.1) is 18.6 Å². The van der Waals surface area contributed by atoms with Gasteiger partial charge in [-0.1, -0.05) is 17.3 Å². The number of nitrogens with zero attached hydrogens (tertiary/aromatic N) is 3. The molecule has 0 N–H and O–H groups in total. The fraction of sp³-hybridized carbons (Fsp3) is 0.0769. The maximum Gasteiger partial charge on any atom is 0.184 e. The second-order valence-electron chi connectivity index (χ2n) is 4.07. The van der Waals surface area contributed by atoms with Crippen molar-refractivity contribution in [1.82, 2.24) is 15.0 Å². The molecular formula is C13H9F2N3. The van der Waals surface area contributed by atoms with E-state index in [9.17, 15) is 8.78 Å². The molecule has 5 heteroatoms. The Bertz CT molecular complexity index is 734. The number of para-hydroxylation sites is 1. The molecule has 0 saturated heterocycles. The highest BCUT2D eigenvalue weighted by Gasteiger charge is 2.14. The maximum atomic E-state index is 13.8. The first-order valence-corrected chi connectivity index (χ1v) is 5.43. The van der Waals surface area contributed by atoms with E-state index >= 15 is 0 Å². The average Bonchev–Trinajstić information content (AvgIpc) is 2.77. The number of halogens is 2. The molecule has 18 heavy (non-hydrogen) atoms. The SMILES string of the molecule is Cc1cc(F)c(F)c(-n2nnc3ccccc32)c1. The van der Waals surface area contributed by atoms with Crippen LogP contribution in [0.15, 0.2) is 36.4 Å². The third kappa shape index (κ3) is 1.55. The topological polar surface area (TPSA) is 30.7 Å². The number of fused-ring (bicyclic) bond motifs is 1. The van der Waals surface area contributed by atoms with Gasteiger partial charge in [0.05, 0.1) is 5.52 Å². The van der Waals surface area contributed by atoms with Crippen molar-refractivity contribution in [2.75, 3.05) is 0 Å². The highest BCUT2D eigenvalue weighted by molar-refractivity contribution is 5.75. The summed E-state index contributed by atoms with van der Waals surface area (Å²) in [5.41, 5.74) is 1.98. The molecule has 1 aromatic heterocycles. The molecule has 3 rings (SSSR count). The average molecular weight is 245 g/mol.